The van der Waals surface area contributed by atoms with Crippen LogP contribution in [0.25, 0.3) is 11.4 Å². The average molecular weight is 245 g/mol. The van der Waals surface area contributed by atoms with Crippen LogP contribution in [0.5, 0.6) is 5.75 Å². The maximum atomic E-state index is 6.03. The van der Waals surface area contributed by atoms with Crippen molar-refractivity contribution in [3.63, 3.8) is 0 Å². The maximum Gasteiger partial charge on any atom is 0.247 e. The highest BCUT2D eigenvalue weighted by Gasteiger charge is 2.45. The molecule has 0 radical (unpaired) electrons. The van der Waals surface area contributed by atoms with Gasteiger partial charge in [-0.3, -0.25) is 0 Å². The Morgan fingerprint density at radius 3 is 2.83 bits per heavy atom. The van der Waals surface area contributed by atoms with E-state index in [1.807, 2.05) is 25.1 Å². The number of benzene rings is 1. The van der Waals surface area contributed by atoms with Crippen LogP contribution < -0.4 is 10.5 Å². The Hall–Kier alpha value is -1.88. The van der Waals surface area contributed by atoms with Crippen LogP contribution in [-0.2, 0) is 5.54 Å². The molecule has 1 aliphatic rings. The molecule has 1 aromatic carbocycles. The van der Waals surface area contributed by atoms with Gasteiger partial charge in [-0.1, -0.05) is 11.2 Å². The van der Waals surface area contributed by atoms with E-state index in [4.69, 9.17) is 15.0 Å². The monoisotopic (exact) mass is 245 g/mol. The normalized spacial score (nSPS) is 16.6. The fourth-order valence-electron chi connectivity index (χ4n) is 1.87. The number of hydrogen-bond donors (Lipinski definition) is 1. The van der Waals surface area contributed by atoms with E-state index in [1.165, 1.54) is 0 Å². The fourth-order valence-corrected chi connectivity index (χ4v) is 1.87. The molecular formula is C13H15N3O2. The second-order valence-corrected chi connectivity index (χ2v) is 4.78. The molecule has 0 spiro atoms. The first-order chi connectivity index (χ1) is 8.62. The van der Waals surface area contributed by atoms with Crippen LogP contribution >= 0.6 is 0 Å². The molecule has 0 unspecified atom stereocenters. The van der Waals surface area contributed by atoms with Gasteiger partial charge in [0, 0.05) is 0 Å². The first kappa shape index (κ1) is 11.2. The molecule has 5 nitrogen and oxygen atoms in total. The Labute approximate surface area is 105 Å². The Morgan fingerprint density at radius 2 is 2.17 bits per heavy atom. The number of ether oxygens (including phenoxy) is 1. The van der Waals surface area contributed by atoms with Gasteiger partial charge in [-0.05, 0) is 37.5 Å². The van der Waals surface area contributed by atoms with Crippen molar-refractivity contribution in [2.75, 3.05) is 7.11 Å². The van der Waals surface area contributed by atoms with Crippen LogP contribution in [0.15, 0.2) is 22.7 Å². The Bertz CT molecular complexity index is 588. The molecular weight excluding hydrogens is 230 g/mol. The molecule has 0 amide bonds. The van der Waals surface area contributed by atoms with Gasteiger partial charge in [-0.15, -0.1) is 0 Å². The average Bonchev–Trinajstić information content (AvgIpc) is 2.93. The quantitative estimate of drug-likeness (QED) is 0.895. The third-order valence-electron chi connectivity index (χ3n) is 3.24. The molecule has 1 aromatic heterocycles. The molecule has 0 aliphatic heterocycles. The van der Waals surface area contributed by atoms with Gasteiger partial charge in [0.2, 0.25) is 11.7 Å². The van der Waals surface area contributed by atoms with E-state index < -0.39 is 5.54 Å². The first-order valence-corrected chi connectivity index (χ1v) is 5.90. The summed E-state index contributed by atoms with van der Waals surface area (Å²) in [5, 5.41) is 3.99. The van der Waals surface area contributed by atoms with Gasteiger partial charge in [0.1, 0.15) is 5.75 Å². The molecule has 1 fully saturated rings. The van der Waals surface area contributed by atoms with Crippen molar-refractivity contribution in [2.24, 2.45) is 5.73 Å². The second kappa shape index (κ2) is 3.81. The highest BCUT2D eigenvalue weighted by Crippen LogP contribution is 2.42. The van der Waals surface area contributed by atoms with Crippen LogP contribution in [0.2, 0.25) is 0 Å². The van der Waals surface area contributed by atoms with Gasteiger partial charge in [0.25, 0.3) is 0 Å². The lowest BCUT2D eigenvalue weighted by Crippen LogP contribution is -2.18. The van der Waals surface area contributed by atoms with Crippen molar-refractivity contribution in [2.45, 2.75) is 25.3 Å². The van der Waals surface area contributed by atoms with Gasteiger partial charge in [0.05, 0.1) is 18.2 Å². The van der Waals surface area contributed by atoms with Crippen molar-refractivity contribution in [3.05, 3.63) is 29.7 Å². The van der Waals surface area contributed by atoms with E-state index in [-0.39, 0.29) is 0 Å². The van der Waals surface area contributed by atoms with Gasteiger partial charge < -0.3 is 15.0 Å². The summed E-state index contributed by atoms with van der Waals surface area (Å²) in [5.74, 6) is 1.78. The lowest BCUT2D eigenvalue weighted by atomic mass is 10.1. The van der Waals surface area contributed by atoms with Gasteiger partial charge in [-0.25, -0.2) is 0 Å². The SMILES string of the molecule is COc1cc(C)ccc1-c1noc(C2(N)CC2)n1. The van der Waals surface area contributed by atoms with Crippen LogP contribution in [0, 0.1) is 6.92 Å². The first-order valence-electron chi connectivity index (χ1n) is 5.90. The minimum absolute atomic E-state index is 0.400. The van der Waals surface area contributed by atoms with Crippen molar-refractivity contribution >= 4 is 0 Å². The van der Waals surface area contributed by atoms with E-state index >= 15 is 0 Å². The number of nitrogens with zero attached hydrogens (tertiary/aromatic N) is 2. The lowest BCUT2D eigenvalue weighted by Gasteiger charge is -2.05. The third-order valence-corrected chi connectivity index (χ3v) is 3.24. The summed E-state index contributed by atoms with van der Waals surface area (Å²) < 4.78 is 10.6. The topological polar surface area (TPSA) is 74.2 Å². The third kappa shape index (κ3) is 1.76. The van der Waals surface area contributed by atoms with E-state index in [2.05, 4.69) is 10.1 Å². The van der Waals surface area contributed by atoms with Crippen molar-refractivity contribution < 1.29 is 9.26 Å². The van der Waals surface area contributed by atoms with Crippen molar-refractivity contribution in [1.82, 2.24) is 10.1 Å². The van der Waals surface area contributed by atoms with Gasteiger partial charge in [0.15, 0.2) is 0 Å². The second-order valence-electron chi connectivity index (χ2n) is 4.78. The molecule has 2 N–H and O–H groups in total. The fraction of sp³-hybridized carbons (Fsp3) is 0.385. The molecule has 5 heteroatoms. The summed E-state index contributed by atoms with van der Waals surface area (Å²) in [6.45, 7) is 2.01. The molecule has 1 heterocycles. The minimum atomic E-state index is -0.400. The van der Waals surface area contributed by atoms with E-state index in [0.717, 1.165) is 29.7 Å². The van der Waals surface area contributed by atoms with Gasteiger partial charge in [-0.2, -0.15) is 4.98 Å². The molecule has 0 bridgehead atoms. The van der Waals surface area contributed by atoms with Gasteiger partial charge >= 0.3 is 0 Å². The predicted octanol–water partition coefficient (Wildman–Crippen LogP) is 2.00. The summed E-state index contributed by atoms with van der Waals surface area (Å²) in [6, 6.07) is 5.86. The molecule has 18 heavy (non-hydrogen) atoms. The zero-order chi connectivity index (χ0) is 12.8. The lowest BCUT2D eigenvalue weighted by molar-refractivity contribution is 0.348. The largest absolute Gasteiger partial charge is 0.496 e. The maximum absolute atomic E-state index is 6.03. The zero-order valence-corrected chi connectivity index (χ0v) is 10.4. The van der Waals surface area contributed by atoms with Crippen LogP contribution in [-0.4, -0.2) is 17.3 Å². The summed E-state index contributed by atoms with van der Waals surface area (Å²) >= 11 is 0. The number of aromatic nitrogens is 2. The number of nitrogens with two attached hydrogens (primary N) is 1. The molecule has 0 saturated heterocycles. The molecule has 2 aromatic rings. The smallest absolute Gasteiger partial charge is 0.247 e. The Balaban J connectivity index is 2.01. The molecule has 0 atom stereocenters. The van der Waals surface area contributed by atoms with E-state index in [0.29, 0.717) is 11.7 Å². The Morgan fingerprint density at radius 1 is 1.39 bits per heavy atom. The zero-order valence-electron chi connectivity index (χ0n) is 10.4. The molecule has 1 saturated carbocycles. The predicted molar refractivity (Wildman–Crippen MR) is 66.1 cm³/mol. The van der Waals surface area contributed by atoms with E-state index in [1.54, 1.807) is 7.11 Å². The van der Waals surface area contributed by atoms with Crippen LogP contribution in [0.1, 0.15) is 24.3 Å². The minimum Gasteiger partial charge on any atom is -0.496 e. The highest BCUT2D eigenvalue weighted by molar-refractivity contribution is 5.64. The van der Waals surface area contributed by atoms with E-state index in [9.17, 15) is 0 Å². The summed E-state index contributed by atoms with van der Waals surface area (Å²) in [6.07, 6.45) is 1.80. The molecule has 3 rings (SSSR count). The number of aryl methyl sites for hydroxylation is 1. The molecule has 94 valence electrons. The van der Waals surface area contributed by atoms with Crippen molar-refractivity contribution in [3.8, 4) is 17.1 Å². The standard InChI is InChI=1S/C13H15N3O2/c1-8-3-4-9(10(7-8)17-2)11-15-12(18-16-11)13(14)5-6-13/h3-4,7H,5-6,14H2,1-2H3. The van der Waals surface area contributed by atoms with Crippen molar-refractivity contribution in [1.29, 1.82) is 0 Å². The number of hydrogen-bond acceptors (Lipinski definition) is 5. The summed E-state index contributed by atoms with van der Waals surface area (Å²) in [7, 11) is 1.63. The highest BCUT2D eigenvalue weighted by atomic mass is 16.5. The summed E-state index contributed by atoms with van der Waals surface area (Å²) in [5.41, 5.74) is 7.57. The number of methoxy groups -OCH3 is 1. The van der Waals surface area contributed by atoms with Crippen LogP contribution in [0.3, 0.4) is 0 Å². The molecule has 1 aliphatic carbocycles. The van der Waals surface area contributed by atoms with Crippen LogP contribution in [0.4, 0.5) is 0 Å². The Kier molecular flexibility index (Phi) is 2.38. The number of rotatable bonds is 3. The summed E-state index contributed by atoms with van der Waals surface area (Å²) in [4.78, 5) is 4.37.